The number of carbonyl (C=O) groups is 1. The number of benzene rings is 1. The fraction of sp³-hybridized carbons (Fsp3) is 0.556. The number of rotatable bonds is 7. The molecule has 1 amide bonds. The molecule has 132 valence electrons. The molecule has 1 aromatic rings. The van der Waals surface area contributed by atoms with Gasteiger partial charge in [-0.3, -0.25) is 9.79 Å². The van der Waals surface area contributed by atoms with E-state index in [0.29, 0.717) is 13.2 Å². The predicted octanol–water partition coefficient (Wildman–Crippen LogP) is 2.13. The van der Waals surface area contributed by atoms with Crippen molar-refractivity contribution in [3.8, 4) is 0 Å². The second kappa shape index (κ2) is 9.27. The summed E-state index contributed by atoms with van der Waals surface area (Å²) < 4.78 is 5.11. The average molecular weight is 332 g/mol. The van der Waals surface area contributed by atoms with Gasteiger partial charge in [-0.2, -0.15) is 0 Å². The molecular weight excluding hydrogens is 304 g/mol. The van der Waals surface area contributed by atoms with E-state index in [2.05, 4.69) is 20.9 Å². The molecule has 0 heterocycles. The van der Waals surface area contributed by atoms with Crippen molar-refractivity contribution in [1.82, 2.24) is 10.6 Å². The van der Waals surface area contributed by atoms with Crippen LogP contribution in [-0.4, -0.2) is 38.7 Å². The zero-order valence-corrected chi connectivity index (χ0v) is 14.8. The number of carbonyl (C=O) groups excluding carboxylic acids is 1. The Hall–Kier alpha value is -2.08. The van der Waals surface area contributed by atoms with E-state index in [1.165, 1.54) is 0 Å². The Labute approximate surface area is 144 Å². The minimum atomic E-state index is 0.136. The number of ether oxygens (including phenoxy) is 1. The Morgan fingerprint density at radius 1 is 1.42 bits per heavy atom. The minimum Gasteiger partial charge on any atom is -0.383 e. The smallest absolute Gasteiger partial charge is 0.227 e. The highest BCUT2D eigenvalue weighted by molar-refractivity contribution is 5.93. The maximum Gasteiger partial charge on any atom is 0.227 e. The van der Waals surface area contributed by atoms with Gasteiger partial charge in [-0.05, 0) is 37.5 Å². The zero-order valence-electron chi connectivity index (χ0n) is 14.8. The first-order chi connectivity index (χ1) is 11.6. The molecule has 1 unspecified atom stereocenters. The lowest BCUT2D eigenvalue weighted by Gasteiger charge is -2.24. The molecule has 3 N–H and O–H groups in total. The summed E-state index contributed by atoms with van der Waals surface area (Å²) in [6, 6.07) is 8.08. The summed E-state index contributed by atoms with van der Waals surface area (Å²) in [5.41, 5.74) is 1.94. The van der Waals surface area contributed by atoms with E-state index >= 15 is 0 Å². The lowest BCUT2D eigenvalue weighted by Crippen LogP contribution is -2.43. The summed E-state index contributed by atoms with van der Waals surface area (Å²) in [6.45, 7) is 3.28. The summed E-state index contributed by atoms with van der Waals surface area (Å²) >= 11 is 0. The Kier molecular flexibility index (Phi) is 7.06. The maximum absolute atomic E-state index is 12.0. The van der Waals surface area contributed by atoms with Gasteiger partial charge < -0.3 is 20.7 Å². The molecule has 1 saturated carbocycles. The molecule has 0 saturated heterocycles. The fourth-order valence-corrected chi connectivity index (χ4v) is 2.58. The van der Waals surface area contributed by atoms with E-state index in [4.69, 9.17) is 4.74 Å². The van der Waals surface area contributed by atoms with Crippen molar-refractivity contribution in [3.63, 3.8) is 0 Å². The van der Waals surface area contributed by atoms with Gasteiger partial charge in [0, 0.05) is 38.3 Å². The molecule has 0 aromatic heterocycles. The van der Waals surface area contributed by atoms with Gasteiger partial charge in [0.25, 0.3) is 0 Å². The van der Waals surface area contributed by atoms with E-state index < -0.39 is 0 Å². The molecule has 1 aliphatic carbocycles. The number of nitrogens with one attached hydrogen (secondary N) is 3. The minimum absolute atomic E-state index is 0.136. The van der Waals surface area contributed by atoms with Crippen LogP contribution in [0.2, 0.25) is 0 Å². The van der Waals surface area contributed by atoms with Crippen LogP contribution >= 0.6 is 0 Å². The summed E-state index contributed by atoms with van der Waals surface area (Å²) in [5, 5.41) is 9.54. The molecular formula is C18H28N4O2. The first kappa shape index (κ1) is 18.3. The third kappa shape index (κ3) is 5.53. The van der Waals surface area contributed by atoms with E-state index in [0.717, 1.165) is 36.5 Å². The molecule has 1 fully saturated rings. The molecule has 0 radical (unpaired) electrons. The molecule has 0 spiro atoms. The normalized spacial score (nSPS) is 16.2. The Bertz CT molecular complexity index is 570. The predicted molar refractivity (Wildman–Crippen MR) is 97.1 cm³/mol. The van der Waals surface area contributed by atoms with Gasteiger partial charge in [-0.1, -0.05) is 18.6 Å². The van der Waals surface area contributed by atoms with Crippen LogP contribution in [0.4, 0.5) is 5.69 Å². The van der Waals surface area contributed by atoms with Crippen LogP contribution in [-0.2, 0) is 16.1 Å². The third-order valence-corrected chi connectivity index (χ3v) is 4.15. The van der Waals surface area contributed by atoms with Crippen LogP contribution in [0.3, 0.4) is 0 Å². The number of hydrogen-bond acceptors (Lipinski definition) is 3. The number of nitrogens with zero attached hydrogens (tertiary/aromatic N) is 1. The maximum atomic E-state index is 12.0. The summed E-state index contributed by atoms with van der Waals surface area (Å²) in [6.07, 6.45) is 3.18. The SMILES string of the molecule is CN=C(NCc1cccc(NC(=O)C2CCC2)c1)NC(C)COC. The van der Waals surface area contributed by atoms with Gasteiger partial charge in [0.05, 0.1) is 6.61 Å². The second-order valence-electron chi connectivity index (χ2n) is 6.24. The fourth-order valence-electron chi connectivity index (χ4n) is 2.58. The van der Waals surface area contributed by atoms with Crippen molar-refractivity contribution < 1.29 is 9.53 Å². The van der Waals surface area contributed by atoms with Gasteiger partial charge in [-0.15, -0.1) is 0 Å². The number of hydrogen-bond donors (Lipinski definition) is 3. The van der Waals surface area contributed by atoms with Crippen LogP contribution in [0.15, 0.2) is 29.3 Å². The molecule has 2 rings (SSSR count). The van der Waals surface area contributed by atoms with Crippen molar-refractivity contribution in [1.29, 1.82) is 0 Å². The molecule has 24 heavy (non-hydrogen) atoms. The van der Waals surface area contributed by atoms with Gasteiger partial charge in [0.2, 0.25) is 5.91 Å². The topological polar surface area (TPSA) is 74.8 Å². The van der Waals surface area contributed by atoms with Gasteiger partial charge in [0.1, 0.15) is 0 Å². The highest BCUT2D eigenvalue weighted by atomic mass is 16.5. The highest BCUT2D eigenvalue weighted by Crippen LogP contribution is 2.27. The Morgan fingerprint density at radius 2 is 2.21 bits per heavy atom. The van der Waals surface area contributed by atoms with Gasteiger partial charge >= 0.3 is 0 Å². The monoisotopic (exact) mass is 332 g/mol. The van der Waals surface area contributed by atoms with E-state index in [9.17, 15) is 4.79 Å². The summed E-state index contributed by atoms with van der Waals surface area (Å²) in [4.78, 5) is 16.2. The third-order valence-electron chi connectivity index (χ3n) is 4.15. The Morgan fingerprint density at radius 3 is 2.83 bits per heavy atom. The van der Waals surface area contributed by atoms with Crippen molar-refractivity contribution in [2.75, 3.05) is 26.1 Å². The molecule has 0 bridgehead atoms. The first-order valence-electron chi connectivity index (χ1n) is 8.48. The number of anilines is 1. The number of amides is 1. The Balaban J connectivity index is 1.85. The van der Waals surface area contributed by atoms with Crippen molar-refractivity contribution in [2.24, 2.45) is 10.9 Å². The van der Waals surface area contributed by atoms with E-state index in [-0.39, 0.29) is 17.9 Å². The van der Waals surface area contributed by atoms with Crippen LogP contribution in [0.1, 0.15) is 31.7 Å². The summed E-state index contributed by atoms with van der Waals surface area (Å²) in [7, 11) is 3.42. The quantitative estimate of drug-likeness (QED) is 0.528. The van der Waals surface area contributed by atoms with Gasteiger partial charge in [-0.25, -0.2) is 0 Å². The number of methoxy groups -OCH3 is 1. The van der Waals surface area contributed by atoms with Crippen molar-refractivity contribution in [2.45, 2.75) is 38.8 Å². The van der Waals surface area contributed by atoms with E-state index in [1.807, 2.05) is 31.2 Å². The highest BCUT2D eigenvalue weighted by Gasteiger charge is 2.25. The molecule has 0 aliphatic heterocycles. The zero-order chi connectivity index (χ0) is 17.4. The molecule has 1 aromatic carbocycles. The average Bonchev–Trinajstić information content (AvgIpc) is 2.50. The number of aliphatic imine (C=N–C) groups is 1. The molecule has 1 aliphatic rings. The van der Waals surface area contributed by atoms with Crippen LogP contribution < -0.4 is 16.0 Å². The van der Waals surface area contributed by atoms with Gasteiger partial charge in [0.15, 0.2) is 5.96 Å². The van der Waals surface area contributed by atoms with Crippen molar-refractivity contribution >= 4 is 17.6 Å². The van der Waals surface area contributed by atoms with Crippen LogP contribution in [0, 0.1) is 5.92 Å². The summed E-state index contributed by atoms with van der Waals surface area (Å²) in [5.74, 6) is 1.05. The second-order valence-corrected chi connectivity index (χ2v) is 6.24. The first-order valence-corrected chi connectivity index (χ1v) is 8.48. The number of guanidine groups is 1. The lowest BCUT2D eigenvalue weighted by molar-refractivity contribution is -0.122. The molecule has 6 heteroatoms. The van der Waals surface area contributed by atoms with Crippen LogP contribution in [0.5, 0.6) is 0 Å². The molecule has 1 atom stereocenters. The molecule has 6 nitrogen and oxygen atoms in total. The largest absolute Gasteiger partial charge is 0.383 e. The van der Waals surface area contributed by atoms with Crippen molar-refractivity contribution in [3.05, 3.63) is 29.8 Å². The standard InChI is InChI=1S/C18H28N4O2/c1-13(12-24-3)21-18(19-2)20-11-14-6-4-9-16(10-14)22-17(23)15-7-5-8-15/h4,6,9-10,13,15H,5,7-8,11-12H2,1-3H3,(H,22,23)(H2,19,20,21). The van der Waals surface area contributed by atoms with Crippen LogP contribution in [0.25, 0.3) is 0 Å². The van der Waals surface area contributed by atoms with E-state index in [1.54, 1.807) is 14.2 Å². The lowest BCUT2D eigenvalue weighted by atomic mass is 9.85.